The molecule has 3 atom stereocenters. The molecule has 2 aliphatic rings. The van der Waals surface area contributed by atoms with Crippen molar-refractivity contribution in [2.24, 2.45) is 9.36 Å². The molecule has 0 radical (unpaired) electrons. The van der Waals surface area contributed by atoms with Crippen LogP contribution in [0, 0.1) is 5.82 Å². The molecule has 9 nitrogen and oxygen atoms in total. The summed E-state index contributed by atoms with van der Waals surface area (Å²) in [6, 6.07) is 3.50. The van der Waals surface area contributed by atoms with Crippen molar-refractivity contribution in [3.8, 4) is 5.75 Å². The van der Waals surface area contributed by atoms with Gasteiger partial charge in [0.05, 0.1) is 43.8 Å². The number of aromatic nitrogens is 2. The summed E-state index contributed by atoms with van der Waals surface area (Å²) in [6.07, 6.45) is 0.684. The van der Waals surface area contributed by atoms with Crippen molar-refractivity contribution in [3.05, 3.63) is 52.3 Å². The van der Waals surface area contributed by atoms with Gasteiger partial charge in [-0.25, -0.2) is 17.9 Å². The fourth-order valence-corrected chi connectivity index (χ4v) is 8.79. The Morgan fingerprint density at radius 2 is 1.88 bits per heavy atom. The van der Waals surface area contributed by atoms with Crippen LogP contribution in [-0.4, -0.2) is 60.4 Å². The number of ketones is 1. The molecule has 4 heterocycles. The molecule has 0 spiro atoms. The van der Waals surface area contributed by atoms with Gasteiger partial charge in [0.25, 0.3) is 0 Å². The maximum absolute atomic E-state index is 15.5. The monoisotopic (exact) mass is 628 g/mol. The maximum atomic E-state index is 15.5. The van der Waals surface area contributed by atoms with E-state index in [2.05, 4.69) is 19.1 Å². The standard InChI is InChI=1S/C28H32ClF3N4O5S/c1-26(2,3)41-22(38)13-20-27(4,5)42(39)21(9-10-34-42)28(6,36-20)24-18(30)8-7-15(35-24)11-19(37)23-17(29)12-16(14-33-23)40-25(31)32/h7-8,12,14,21,25H,9-11,13H2,1-6H3/t21-,28-,42+/m0/s1. The molecule has 2 aromatic heterocycles. The first-order valence-corrected chi connectivity index (χ1v) is 15.1. The summed E-state index contributed by atoms with van der Waals surface area (Å²) in [5.41, 5.74) is -2.16. The van der Waals surface area contributed by atoms with E-state index in [0.29, 0.717) is 6.42 Å². The van der Waals surface area contributed by atoms with E-state index in [-0.39, 0.29) is 53.0 Å². The summed E-state index contributed by atoms with van der Waals surface area (Å²) in [5, 5.41) is -0.917. The number of Topliss-reactive ketones (excluding diaryl/α,β-unsaturated/α-hetero) is 1. The average Bonchev–Trinajstić information content (AvgIpc) is 3.27. The van der Waals surface area contributed by atoms with E-state index in [1.165, 1.54) is 6.07 Å². The lowest BCUT2D eigenvalue weighted by molar-refractivity contribution is -0.153. The number of nitrogens with zero attached hydrogens (tertiary/aromatic N) is 4. The molecule has 14 heteroatoms. The first kappa shape index (κ1) is 31.9. The number of ether oxygens (including phenoxy) is 2. The normalized spacial score (nSPS) is 24.9. The third-order valence-corrected chi connectivity index (χ3v) is 11.3. The highest BCUT2D eigenvalue weighted by molar-refractivity contribution is 7.96. The van der Waals surface area contributed by atoms with Gasteiger partial charge in [0.2, 0.25) is 0 Å². The van der Waals surface area contributed by atoms with Crippen LogP contribution in [0.15, 0.2) is 33.8 Å². The lowest BCUT2D eigenvalue weighted by atomic mass is 9.88. The second-order valence-electron chi connectivity index (χ2n) is 11.8. The Labute approximate surface area is 247 Å². The quantitative estimate of drug-likeness (QED) is 0.271. The third kappa shape index (κ3) is 6.03. The van der Waals surface area contributed by atoms with E-state index in [0.717, 1.165) is 18.3 Å². The number of hydrogen-bond acceptors (Lipinski definition) is 9. The molecule has 0 N–H and O–H groups in total. The lowest BCUT2D eigenvalue weighted by Crippen LogP contribution is -2.56. The van der Waals surface area contributed by atoms with Crippen LogP contribution in [-0.2, 0) is 31.2 Å². The summed E-state index contributed by atoms with van der Waals surface area (Å²) in [5.74, 6) is -2.21. The smallest absolute Gasteiger partial charge is 0.387 e. The van der Waals surface area contributed by atoms with Crippen molar-refractivity contribution >= 4 is 38.8 Å². The van der Waals surface area contributed by atoms with Crippen molar-refractivity contribution in [1.29, 1.82) is 0 Å². The molecule has 4 rings (SSSR count). The number of fused-ring (bicyclic) bond motifs is 1. The minimum absolute atomic E-state index is 0.139. The highest BCUT2D eigenvalue weighted by Gasteiger charge is 2.58. The minimum atomic E-state index is -3.09. The van der Waals surface area contributed by atoms with Crippen LogP contribution in [0.5, 0.6) is 5.75 Å². The van der Waals surface area contributed by atoms with Crippen LogP contribution >= 0.6 is 11.6 Å². The number of hydrogen-bond donors (Lipinski definition) is 0. The minimum Gasteiger partial charge on any atom is -0.460 e. The fourth-order valence-electron chi connectivity index (χ4n) is 5.27. The predicted molar refractivity (Wildman–Crippen MR) is 151 cm³/mol. The van der Waals surface area contributed by atoms with E-state index in [1.807, 2.05) is 0 Å². The number of carbonyl (C=O) groups excluding carboxylic acids is 2. The predicted octanol–water partition coefficient (Wildman–Crippen LogP) is 5.72. The van der Waals surface area contributed by atoms with E-state index in [1.54, 1.807) is 41.5 Å². The van der Waals surface area contributed by atoms with E-state index >= 15 is 4.39 Å². The first-order valence-electron chi connectivity index (χ1n) is 13.2. The molecular formula is C28H32ClF3N4O5S. The summed E-state index contributed by atoms with van der Waals surface area (Å²) in [4.78, 5) is 39.0. The van der Waals surface area contributed by atoms with E-state index in [9.17, 15) is 22.6 Å². The third-order valence-electron chi connectivity index (χ3n) is 7.24. The Balaban J connectivity index is 1.73. The first-order chi connectivity index (χ1) is 19.4. The van der Waals surface area contributed by atoms with E-state index < -0.39 is 55.0 Å². The molecule has 228 valence electrons. The van der Waals surface area contributed by atoms with Crippen LogP contribution in [0.4, 0.5) is 13.2 Å². The highest BCUT2D eigenvalue weighted by atomic mass is 35.5. The van der Waals surface area contributed by atoms with Crippen LogP contribution in [0.3, 0.4) is 0 Å². The van der Waals surface area contributed by atoms with Crippen LogP contribution in [0.2, 0.25) is 5.02 Å². The SMILES string of the molecule is CC(C)(C)OC(=O)CC1=N[C@](C)(c2nc(CC(=O)c3ncc(OC(F)F)cc3Cl)ccc2F)[C@@H]2CCN=[S@]2(=O)C1(C)C. The van der Waals surface area contributed by atoms with Crippen LogP contribution in [0.1, 0.15) is 76.3 Å². The molecule has 0 unspecified atom stereocenters. The molecular weight excluding hydrogens is 597 g/mol. The van der Waals surface area contributed by atoms with Crippen molar-refractivity contribution in [3.63, 3.8) is 0 Å². The van der Waals surface area contributed by atoms with Crippen molar-refractivity contribution < 1.29 is 36.4 Å². The van der Waals surface area contributed by atoms with Gasteiger partial charge in [0.1, 0.15) is 34.1 Å². The number of carbonyl (C=O) groups is 2. The second kappa shape index (κ2) is 11.2. The van der Waals surface area contributed by atoms with Gasteiger partial charge < -0.3 is 9.47 Å². The van der Waals surface area contributed by atoms with Gasteiger partial charge in [-0.05, 0) is 60.1 Å². The molecule has 2 aliphatic heterocycles. The molecule has 0 saturated heterocycles. The number of rotatable bonds is 8. The molecule has 0 saturated carbocycles. The Hall–Kier alpha value is -3.06. The van der Waals surface area contributed by atoms with Gasteiger partial charge in [0.15, 0.2) is 5.78 Å². The van der Waals surface area contributed by atoms with Crippen molar-refractivity contribution in [2.45, 2.75) is 88.6 Å². The molecule has 0 bridgehead atoms. The van der Waals surface area contributed by atoms with Gasteiger partial charge in [0, 0.05) is 24.0 Å². The Kier molecular flexibility index (Phi) is 8.51. The van der Waals surface area contributed by atoms with Gasteiger partial charge in [-0.2, -0.15) is 8.78 Å². The molecule has 0 aromatic carbocycles. The number of aliphatic imine (C=N–C) groups is 1. The molecule has 2 aromatic rings. The summed E-state index contributed by atoms with van der Waals surface area (Å²) in [7, 11) is -3.06. The highest BCUT2D eigenvalue weighted by Crippen LogP contribution is 2.48. The molecule has 0 aliphatic carbocycles. The Bertz CT molecular complexity index is 1580. The molecule has 0 fully saturated rings. The van der Waals surface area contributed by atoms with Crippen LogP contribution in [0.25, 0.3) is 0 Å². The largest absolute Gasteiger partial charge is 0.460 e. The zero-order chi connectivity index (χ0) is 31.3. The van der Waals surface area contributed by atoms with Crippen LogP contribution < -0.4 is 4.74 Å². The summed E-state index contributed by atoms with van der Waals surface area (Å²) in [6.45, 7) is 7.41. The summed E-state index contributed by atoms with van der Waals surface area (Å²) >= 11 is 6.09. The topological polar surface area (TPSA) is 120 Å². The summed E-state index contributed by atoms with van der Waals surface area (Å²) < 4.78 is 68.1. The second-order valence-corrected chi connectivity index (χ2v) is 15.2. The average molecular weight is 629 g/mol. The fraction of sp³-hybridized carbons (Fsp3) is 0.536. The molecule has 0 amide bonds. The number of halogens is 4. The van der Waals surface area contributed by atoms with Gasteiger partial charge in [-0.3, -0.25) is 19.6 Å². The Morgan fingerprint density at radius 3 is 2.50 bits per heavy atom. The number of alkyl halides is 2. The van der Waals surface area contributed by atoms with Crippen molar-refractivity contribution in [2.75, 3.05) is 6.54 Å². The zero-order valence-corrected chi connectivity index (χ0v) is 25.6. The van der Waals surface area contributed by atoms with Crippen molar-refractivity contribution in [1.82, 2.24) is 9.97 Å². The van der Waals surface area contributed by atoms with Gasteiger partial charge in [-0.1, -0.05) is 11.6 Å². The molecule has 42 heavy (non-hydrogen) atoms. The van der Waals surface area contributed by atoms with Gasteiger partial charge >= 0.3 is 12.6 Å². The number of pyridine rings is 2. The Morgan fingerprint density at radius 1 is 1.19 bits per heavy atom. The van der Waals surface area contributed by atoms with E-state index in [4.69, 9.17) is 21.3 Å². The number of esters is 1. The van der Waals surface area contributed by atoms with Gasteiger partial charge in [-0.15, -0.1) is 0 Å². The maximum Gasteiger partial charge on any atom is 0.387 e. The lowest BCUT2D eigenvalue weighted by Gasteiger charge is -2.45. The zero-order valence-electron chi connectivity index (χ0n) is 24.0.